The molecule has 1 N–H and O–H groups in total. The molecule has 0 saturated carbocycles. The summed E-state index contributed by atoms with van der Waals surface area (Å²) in [6, 6.07) is 8.51. The topological polar surface area (TPSA) is 50.2 Å². The summed E-state index contributed by atoms with van der Waals surface area (Å²) in [5.41, 5.74) is 2.17. The predicted octanol–water partition coefficient (Wildman–Crippen LogP) is 2.27. The van der Waals surface area contributed by atoms with Crippen LogP contribution in [-0.4, -0.2) is 46.0 Å². The highest BCUT2D eigenvalue weighted by atomic mass is 16.2. The van der Waals surface area contributed by atoms with Crippen LogP contribution in [0.4, 0.5) is 0 Å². The monoisotopic (exact) mass is 326 g/mol. The Bertz CT molecular complexity index is 721. The Hall–Kier alpha value is -2.14. The van der Waals surface area contributed by atoms with E-state index in [4.69, 9.17) is 4.98 Å². The van der Waals surface area contributed by atoms with Crippen molar-refractivity contribution >= 4 is 16.9 Å². The number of hydrogen-bond donors (Lipinski definition) is 1. The zero-order valence-corrected chi connectivity index (χ0v) is 14.4. The smallest absolute Gasteiger partial charge is 0.222 e. The first-order chi connectivity index (χ1) is 11.7. The number of para-hydroxylation sites is 2. The SMILES string of the molecule is C=CCNCCC1CCC(=O)N1CCc1nc2ccccc2n1C. The zero-order valence-electron chi connectivity index (χ0n) is 14.4. The lowest BCUT2D eigenvalue weighted by molar-refractivity contribution is -0.129. The van der Waals surface area contributed by atoms with E-state index < -0.39 is 0 Å². The van der Waals surface area contributed by atoms with Gasteiger partial charge in [-0.25, -0.2) is 4.98 Å². The maximum absolute atomic E-state index is 12.2. The van der Waals surface area contributed by atoms with Crippen molar-refractivity contribution in [2.24, 2.45) is 7.05 Å². The minimum absolute atomic E-state index is 0.280. The van der Waals surface area contributed by atoms with Crippen LogP contribution in [0.15, 0.2) is 36.9 Å². The summed E-state index contributed by atoms with van der Waals surface area (Å²) in [5, 5.41) is 3.33. The van der Waals surface area contributed by atoms with E-state index in [0.29, 0.717) is 12.5 Å². The molecule has 1 aliphatic rings. The minimum atomic E-state index is 0.280. The molecule has 128 valence electrons. The van der Waals surface area contributed by atoms with Crippen molar-refractivity contribution in [2.45, 2.75) is 31.7 Å². The first kappa shape index (κ1) is 16.7. The largest absolute Gasteiger partial charge is 0.339 e. The van der Waals surface area contributed by atoms with Crippen molar-refractivity contribution in [1.82, 2.24) is 19.8 Å². The molecule has 0 bridgehead atoms. The highest BCUT2D eigenvalue weighted by Crippen LogP contribution is 2.22. The number of benzene rings is 1. The number of carbonyl (C=O) groups excluding carboxylic acids is 1. The zero-order chi connectivity index (χ0) is 16.9. The standard InChI is InChI=1S/C19H26N4O/c1-3-12-20-13-10-15-8-9-19(24)23(15)14-11-18-21-16-6-4-5-7-17(16)22(18)2/h3-7,15,20H,1,8-14H2,2H3. The fourth-order valence-electron chi connectivity index (χ4n) is 3.51. The second kappa shape index (κ2) is 7.62. The summed E-state index contributed by atoms with van der Waals surface area (Å²) >= 11 is 0. The van der Waals surface area contributed by atoms with Gasteiger partial charge in [-0.15, -0.1) is 6.58 Å². The Morgan fingerprint density at radius 3 is 3.04 bits per heavy atom. The van der Waals surface area contributed by atoms with E-state index in [0.717, 1.165) is 55.8 Å². The van der Waals surface area contributed by atoms with Gasteiger partial charge in [0, 0.05) is 39.0 Å². The van der Waals surface area contributed by atoms with Gasteiger partial charge >= 0.3 is 0 Å². The maximum atomic E-state index is 12.2. The predicted molar refractivity (Wildman–Crippen MR) is 96.8 cm³/mol. The lowest BCUT2D eigenvalue weighted by Crippen LogP contribution is -2.37. The van der Waals surface area contributed by atoms with E-state index >= 15 is 0 Å². The second-order valence-electron chi connectivity index (χ2n) is 6.39. The molecule has 1 aromatic carbocycles. The number of fused-ring (bicyclic) bond motifs is 1. The number of amides is 1. The molecule has 5 heteroatoms. The molecular weight excluding hydrogens is 300 g/mol. The number of hydrogen-bond acceptors (Lipinski definition) is 3. The molecule has 3 rings (SSSR count). The van der Waals surface area contributed by atoms with Gasteiger partial charge in [0.15, 0.2) is 0 Å². The highest BCUT2D eigenvalue weighted by Gasteiger charge is 2.30. The van der Waals surface area contributed by atoms with Gasteiger partial charge in [0.25, 0.3) is 0 Å². The van der Waals surface area contributed by atoms with E-state index in [2.05, 4.69) is 27.4 Å². The number of nitrogens with zero attached hydrogens (tertiary/aromatic N) is 3. The van der Waals surface area contributed by atoms with Gasteiger partial charge in [-0.3, -0.25) is 4.79 Å². The third kappa shape index (κ3) is 3.51. The summed E-state index contributed by atoms with van der Waals surface area (Å²) < 4.78 is 2.14. The number of aromatic nitrogens is 2. The molecule has 2 heterocycles. The van der Waals surface area contributed by atoms with Crippen molar-refractivity contribution in [2.75, 3.05) is 19.6 Å². The number of likely N-dealkylation sites (tertiary alicyclic amines) is 1. The molecule has 1 unspecified atom stereocenters. The first-order valence-electron chi connectivity index (χ1n) is 8.72. The average Bonchev–Trinajstić information content (AvgIpc) is 3.10. The third-order valence-electron chi connectivity index (χ3n) is 4.85. The maximum Gasteiger partial charge on any atom is 0.222 e. The Labute approximate surface area is 143 Å². The number of aryl methyl sites for hydroxylation is 1. The number of carbonyl (C=O) groups is 1. The fourth-order valence-corrected chi connectivity index (χ4v) is 3.51. The van der Waals surface area contributed by atoms with Crippen molar-refractivity contribution in [3.63, 3.8) is 0 Å². The van der Waals surface area contributed by atoms with Crippen molar-refractivity contribution in [3.8, 4) is 0 Å². The molecule has 1 amide bonds. The van der Waals surface area contributed by atoms with Gasteiger partial charge < -0.3 is 14.8 Å². The molecular formula is C19H26N4O. The van der Waals surface area contributed by atoms with Crippen LogP contribution in [0.25, 0.3) is 11.0 Å². The molecule has 1 aromatic heterocycles. The van der Waals surface area contributed by atoms with Crippen LogP contribution in [0.2, 0.25) is 0 Å². The second-order valence-corrected chi connectivity index (χ2v) is 6.39. The Kier molecular flexibility index (Phi) is 5.30. The summed E-state index contributed by atoms with van der Waals surface area (Å²) in [7, 11) is 2.05. The van der Waals surface area contributed by atoms with Crippen LogP contribution >= 0.6 is 0 Å². The number of nitrogens with one attached hydrogen (secondary N) is 1. The Balaban J connectivity index is 1.61. The molecule has 24 heavy (non-hydrogen) atoms. The summed E-state index contributed by atoms with van der Waals surface area (Å²) in [6.45, 7) is 6.21. The van der Waals surface area contributed by atoms with Gasteiger partial charge in [-0.1, -0.05) is 18.2 Å². The molecule has 0 spiro atoms. The van der Waals surface area contributed by atoms with Crippen LogP contribution in [0.3, 0.4) is 0 Å². The van der Waals surface area contributed by atoms with E-state index in [-0.39, 0.29) is 5.91 Å². The van der Waals surface area contributed by atoms with Gasteiger partial charge in [0.05, 0.1) is 11.0 Å². The molecule has 0 aliphatic carbocycles. The van der Waals surface area contributed by atoms with E-state index in [1.54, 1.807) is 0 Å². The Morgan fingerprint density at radius 2 is 2.25 bits per heavy atom. The quantitative estimate of drug-likeness (QED) is 0.598. The average molecular weight is 326 g/mol. The van der Waals surface area contributed by atoms with Crippen LogP contribution in [0, 0.1) is 0 Å². The molecule has 5 nitrogen and oxygen atoms in total. The van der Waals surface area contributed by atoms with E-state index in [1.165, 1.54) is 0 Å². The minimum Gasteiger partial charge on any atom is -0.339 e. The van der Waals surface area contributed by atoms with Gasteiger partial charge in [-0.2, -0.15) is 0 Å². The molecule has 1 fully saturated rings. The van der Waals surface area contributed by atoms with Crippen LogP contribution in [0.1, 0.15) is 25.1 Å². The van der Waals surface area contributed by atoms with Crippen LogP contribution in [0.5, 0.6) is 0 Å². The molecule has 1 atom stereocenters. The molecule has 2 aromatic rings. The third-order valence-corrected chi connectivity index (χ3v) is 4.85. The number of rotatable bonds is 8. The summed E-state index contributed by atoms with van der Waals surface area (Å²) in [4.78, 5) is 19.0. The Morgan fingerprint density at radius 1 is 1.42 bits per heavy atom. The summed E-state index contributed by atoms with van der Waals surface area (Å²) in [6.07, 6.45) is 5.31. The van der Waals surface area contributed by atoms with Crippen LogP contribution in [-0.2, 0) is 18.3 Å². The molecule has 1 saturated heterocycles. The fraction of sp³-hybridized carbons (Fsp3) is 0.474. The van der Waals surface area contributed by atoms with Crippen molar-refractivity contribution in [3.05, 3.63) is 42.7 Å². The highest BCUT2D eigenvalue weighted by molar-refractivity contribution is 5.79. The van der Waals surface area contributed by atoms with Gasteiger partial charge in [-0.05, 0) is 31.5 Å². The lowest BCUT2D eigenvalue weighted by atomic mass is 10.1. The summed E-state index contributed by atoms with van der Waals surface area (Å²) in [5.74, 6) is 1.32. The molecule has 1 aliphatic heterocycles. The van der Waals surface area contributed by atoms with E-state index in [9.17, 15) is 4.79 Å². The normalized spacial score (nSPS) is 17.8. The lowest BCUT2D eigenvalue weighted by Gasteiger charge is -2.25. The van der Waals surface area contributed by atoms with Gasteiger partial charge in [0.1, 0.15) is 5.82 Å². The first-order valence-corrected chi connectivity index (χ1v) is 8.72. The number of imidazole rings is 1. The molecule has 0 radical (unpaired) electrons. The van der Waals surface area contributed by atoms with Gasteiger partial charge in [0.2, 0.25) is 5.91 Å². The van der Waals surface area contributed by atoms with Crippen LogP contribution < -0.4 is 5.32 Å². The van der Waals surface area contributed by atoms with Crippen molar-refractivity contribution < 1.29 is 4.79 Å². The van der Waals surface area contributed by atoms with Crippen molar-refractivity contribution in [1.29, 1.82) is 0 Å². The van der Waals surface area contributed by atoms with E-state index in [1.807, 2.05) is 31.3 Å².